The van der Waals surface area contributed by atoms with E-state index >= 15 is 0 Å². The lowest BCUT2D eigenvalue weighted by atomic mass is 10.0. The minimum atomic E-state index is 1.11. The van der Waals surface area contributed by atoms with Gasteiger partial charge in [-0.1, -0.05) is 85.3 Å². The zero-order valence-corrected chi connectivity index (χ0v) is 15.1. The summed E-state index contributed by atoms with van der Waals surface area (Å²) in [5, 5.41) is 0. The van der Waals surface area contributed by atoms with Gasteiger partial charge in [0.1, 0.15) is 0 Å². The van der Waals surface area contributed by atoms with Gasteiger partial charge in [0, 0.05) is 0 Å². The number of hydrogen-bond acceptors (Lipinski definition) is 0. The molecule has 0 spiro atoms. The molecule has 0 heterocycles. The maximum Gasteiger partial charge on any atom is -0.0184 e. The second-order valence-corrected chi connectivity index (χ2v) is 5.40. The molecule has 0 saturated heterocycles. The van der Waals surface area contributed by atoms with Crippen LogP contribution in [0.15, 0.2) is 86.0 Å². The molecule has 2 aromatic carbocycles. The molecule has 0 unspecified atom stereocenters. The number of benzene rings is 2. The highest BCUT2D eigenvalue weighted by Gasteiger charge is 1.96. The van der Waals surface area contributed by atoms with E-state index in [4.69, 9.17) is 0 Å². The smallest absolute Gasteiger partial charge is 0.0184 e. The second-order valence-electron chi connectivity index (χ2n) is 5.40. The molecule has 2 aromatic rings. The summed E-state index contributed by atoms with van der Waals surface area (Å²) in [7, 11) is 0. The molecule has 0 aliphatic carbocycles. The molecule has 0 nitrogen and oxygen atoms in total. The van der Waals surface area contributed by atoms with Gasteiger partial charge in [0.25, 0.3) is 0 Å². The minimum absolute atomic E-state index is 1.11. The average Bonchev–Trinajstić information content (AvgIpc) is 2.58. The highest BCUT2D eigenvalue weighted by molar-refractivity contribution is 5.63. The third-order valence-electron chi connectivity index (χ3n) is 3.20. The van der Waals surface area contributed by atoms with E-state index in [0.717, 1.165) is 6.42 Å². The molecule has 0 fully saturated rings. The quantitative estimate of drug-likeness (QED) is 0.416. The van der Waals surface area contributed by atoms with Crippen LogP contribution in [0.2, 0.25) is 0 Å². The van der Waals surface area contributed by atoms with E-state index in [9.17, 15) is 0 Å². The van der Waals surface area contributed by atoms with Crippen LogP contribution in [0.5, 0.6) is 0 Å². The van der Waals surface area contributed by atoms with Crippen molar-refractivity contribution >= 4 is 0 Å². The lowest BCUT2D eigenvalue weighted by Gasteiger charge is -2.03. The predicted molar refractivity (Wildman–Crippen MR) is 107 cm³/mol. The third-order valence-corrected chi connectivity index (χ3v) is 3.20. The lowest BCUT2D eigenvalue weighted by Crippen LogP contribution is -1.81. The van der Waals surface area contributed by atoms with Crippen molar-refractivity contribution in [3.8, 4) is 11.1 Å². The van der Waals surface area contributed by atoms with Gasteiger partial charge in [0.05, 0.1) is 0 Å². The molecule has 0 amide bonds. The molecule has 0 saturated carbocycles. The largest absolute Gasteiger partial charge is 0.106 e. The summed E-state index contributed by atoms with van der Waals surface area (Å²) >= 11 is 0. The molecular weight excluding hydrogens is 276 g/mol. The van der Waals surface area contributed by atoms with Crippen molar-refractivity contribution in [2.45, 2.75) is 34.1 Å². The first-order chi connectivity index (χ1) is 11.1. The Hall–Kier alpha value is -2.34. The fourth-order valence-electron chi connectivity index (χ4n) is 1.91. The molecule has 0 bridgehead atoms. The van der Waals surface area contributed by atoms with Crippen LogP contribution in [0, 0.1) is 6.92 Å². The topological polar surface area (TPSA) is 0 Å². The first kappa shape index (κ1) is 20.7. The normalized spacial score (nSPS) is 8.70. The molecule has 23 heavy (non-hydrogen) atoms. The van der Waals surface area contributed by atoms with E-state index in [1.165, 1.54) is 27.8 Å². The summed E-state index contributed by atoms with van der Waals surface area (Å²) in [6, 6.07) is 17.5. The Morgan fingerprint density at radius 3 is 1.61 bits per heavy atom. The monoisotopic (exact) mass is 306 g/mol. The molecule has 0 aliphatic heterocycles. The van der Waals surface area contributed by atoms with Crippen LogP contribution in [0.4, 0.5) is 0 Å². The molecule has 0 heteroatoms. The second kappa shape index (κ2) is 12.2. The molecule has 0 N–H and O–H groups in total. The molecule has 0 aliphatic rings. The summed E-state index contributed by atoms with van der Waals surface area (Å²) in [5.74, 6) is 0. The third kappa shape index (κ3) is 8.63. The number of rotatable bonds is 3. The Morgan fingerprint density at radius 1 is 0.870 bits per heavy atom. The van der Waals surface area contributed by atoms with E-state index in [0.29, 0.717) is 0 Å². The van der Waals surface area contributed by atoms with Crippen molar-refractivity contribution in [3.63, 3.8) is 0 Å². The number of hydrogen-bond donors (Lipinski definition) is 0. The van der Waals surface area contributed by atoms with Crippen LogP contribution in [-0.2, 0) is 6.42 Å². The van der Waals surface area contributed by atoms with Crippen molar-refractivity contribution in [3.05, 3.63) is 97.1 Å². The minimum Gasteiger partial charge on any atom is -0.106 e. The van der Waals surface area contributed by atoms with Crippen LogP contribution in [-0.4, -0.2) is 0 Å². The SMILES string of the molecule is C=C.C=CC=C(C)C.CCc1ccc(-c2ccc(C)cc2)cc1. The van der Waals surface area contributed by atoms with E-state index in [-0.39, 0.29) is 0 Å². The van der Waals surface area contributed by atoms with E-state index < -0.39 is 0 Å². The van der Waals surface area contributed by atoms with Gasteiger partial charge in [-0.2, -0.15) is 0 Å². The van der Waals surface area contributed by atoms with Crippen LogP contribution in [0.1, 0.15) is 31.9 Å². The highest BCUT2D eigenvalue weighted by atomic mass is 14.0. The van der Waals surface area contributed by atoms with Gasteiger partial charge >= 0.3 is 0 Å². The predicted octanol–water partition coefficient (Wildman–Crippen LogP) is 7.17. The molecule has 2 rings (SSSR count). The maximum absolute atomic E-state index is 3.52. The summed E-state index contributed by atoms with van der Waals surface area (Å²) < 4.78 is 0. The van der Waals surface area contributed by atoms with Crippen molar-refractivity contribution in [1.82, 2.24) is 0 Å². The fourth-order valence-corrected chi connectivity index (χ4v) is 1.91. The van der Waals surface area contributed by atoms with Crippen LogP contribution < -0.4 is 0 Å². The Balaban J connectivity index is 0.000000515. The Labute approximate surface area is 142 Å². The van der Waals surface area contributed by atoms with Crippen LogP contribution in [0.3, 0.4) is 0 Å². The lowest BCUT2D eigenvalue weighted by molar-refractivity contribution is 1.14. The molecule has 122 valence electrons. The van der Waals surface area contributed by atoms with Gasteiger partial charge in [-0.05, 0) is 43.9 Å². The first-order valence-corrected chi connectivity index (χ1v) is 7.98. The molecule has 0 aromatic heterocycles. The summed E-state index contributed by atoms with van der Waals surface area (Å²) in [6.45, 7) is 17.9. The van der Waals surface area contributed by atoms with Crippen molar-refractivity contribution in [1.29, 1.82) is 0 Å². The van der Waals surface area contributed by atoms with Gasteiger partial charge in [-0.15, -0.1) is 13.2 Å². The zero-order chi connectivity index (χ0) is 17.7. The number of allylic oxidation sites excluding steroid dienone is 3. The van der Waals surface area contributed by atoms with Gasteiger partial charge in [0.15, 0.2) is 0 Å². The maximum atomic E-state index is 3.52. The van der Waals surface area contributed by atoms with E-state index in [2.05, 4.69) is 82.1 Å². The Kier molecular flexibility index (Phi) is 11.0. The summed E-state index contributed by atoms with van der Waals surface area (Å²) in [6.07, 6.45) is 4.86. The Morgan fingerprint density at radius 2 is 1.30 bits per heavy atom. The fraction of sp³-hybridized carbons (Fsp3) is 0.217. The average molecular weight is 306 g/mol. The van der Waals surface area contributed by atoms with Gasteiger partial charge in [0.2, 0.25) is 0 Å². The zero-order valence-electron chi connectivity index (χ0n) is 15.1. The Bertz CT molecular complexity index is 579. The molecular formula is C23H30. The molecule has 0 radical (unpaired) electrons. The summed E-state index contributed by atoms with van der Waals surface area (Å²) in [4.78, 5) is 0. The van der Waals surface area contributed by atoms with Crippen molar-refractivity contribution in [2.75, 3.05) is 0 Å². The van der Waals surface area contributed by atoms with Gasteiger partial charge in [-0.25, -0.2) is 0 Å². The van der Waals surface area contributed by atoms with E-state index in [1.54, 1.807) is 6.08 Å². The first-order valence-electron chi connectivity index (χ1n) is 7.98. The van der Waals surface area contributed by atoms with Crippen molar-refractivity contribution in [2.24, 2.45) is 0 Å². The number of aryl methyl sites for hydroxylation is 2. The molecule has 0 atom stereocenters. The van der Waals surface area contributed by atoms with Crippen LogP contribution in [0.25, 0.3) is 11.1 Å². The van der Waals surface area contributed by atoms with Gasteiger partial charge < -0.3 is 0 Å². The highest BCUT2D eigenvalue weighted by Crippen LogP contribution is 2.20. The van der Waals surface area contributed by atoms with Crippen molar-refractivity contribution < 1.29 is 0 Å². The standard InChI is InChI=1S/C15H16.C6H10.C2H4/c1-3-13-6-10-15(11-7-13)14-8-4-12(2)5-9-14;1-4-5-6(2)3;1-2/h4-11H,3H2,1-2H3;4-5H,1H2,2-3H3;1-2H2. The van der Waals surface area contributed by atoms with E-state index in [1.807, 2.05) is 19.9 Å². The van der Waals surface area contributed by atoms with Gasteiger partial charge in [-0.3, -0.25) is 0 Å². The van der Waals surface area contributed by atoms with Crippen LogP contribution >= 0.6 is 0 Å². The summed E-state index contributed by atoms with van der Waals surface area (Å²) in [5.41, 5.74) is 6.59.